The van der Waals surface area contributed by atoms with Crippen LogP contribution < -0.4 is 5.32 Å². The fourth-order valence-electron chi connectivity index (χ4n) is 1.52. The maximum atomic E-state index is 11.8. The molecule has 1 aromatic rings. The minimum Gasteiger partial charge on any atom is -0.349 e. The number of amides is 1. The lowest BCUT2D eigenvalue weighted by atomic mass is 10.1. The van der Waals surface area contributed by atoms with Crippen molar-refractivity contribution in [2.24, 2.45) is 0 Å². The van der Waals surface area contributed by atoms with E-state index in [2.05, 4.69) is 19.2 Å². The molecule has 0 heterocycles. The Balaban J connectivity index is 2.47. The highest BCUT2D eigenvalue weighted by molar-refractivity contribution is 8.00. The Morgan fingerprint density at radius 3 is 2.67 bits per heavy atom. The first kappa shape index (κ1) is 15.4. The lowest BCUT2D eigenvalue weighted by Crippen LogP contribution is -2.28. The summed E-state index contributed by atoms with van der Waals surface area (Å²) in [5.41, 5.74) is 0.959. The van der Waals surface area contributed by atoms with Crippen molar-refractivity contribution in [1.82, 2.24) is 5.32 Å². The van der Waals surface area contributed by atoms with Gasteiger partial charge in [0.1, 0.15) is 0 Å². The average Bonchev–Trinajstić information content (AvgIpc) is 2.36. The second-order valence-electron chi connectivity index (χ2n) is 4.34. The lowest BCUT2D eigenvalue weighted by molar-refractivity contribution is -0.119. The van der Waals surface area contributed by atoms with Crippen LogP contribution in [0.15, 0.2) is 24.3 Å². The molecule has 0 aromatic heterocycles. The van der Waals surface area contributed by atoms with Crippen LogP contribution in [0.2, 0.25) is 5.02 Å². The van der Waals surface area contributed by atoms with Gasteiger partial charge in [-0.05, 0) is 25.0 Å². The van der Waals surface area contributed by atoms with Crippen molar-refractivity contribution in [2.75, 3.05) is 5.75 Å². The van der Waals surface area contributed by atoms with Gasteiger partial charge in [-0.1, -0.05) is 43.6 Å². The minimum absolute atomic E-state index is 0.0521. The molecule has 0 aliphatic carbocycles. The van der Waals surface area contributed by atoms with Crippen LogP contribution in [-0.2, 0) is 4.79 Å². The Bertz CT molecular complexity index is 397. The maximum absolute atomic E-state index is 11.8. The van der Waals surface area contributed by atoms with Gasteiger partial charge in [0, 0.05) is 10.3 Å². The standard InChI is InChI=1S/C14H20ClNOS/c1-4-10(2)18-9-14(17)16-11(3)12-7-5-6-8-13(12)15/h5-8,10-11H,4,9H2,1-3H3,(H,16,17)/t10-,11-/m0/s1. The van der Waals surface area contributed by atoms with Gasteiger partial charge in [-0.3, -0.25) is 4.79 Å². The molecule has 2 nitrogen and oxygen atoms in total. The van der Waals surface area contributed by atoms with Gasteiger partial charge in [-0.25, -0.2) is 0 Å². The third-order valence-electron chi connectivity index (χ3n) is 2.82. The summed E-state index contributed by atoms with van der Waals surface area (Å²) in [6.45, 7) is 6.21. The molecule has 1 aromatic carbocycles. The summed E-state index contributed by atoms with van der Waals surface area (Å²) in [5.74, 6) is 0.566. The van der Waals surface area contributed by atoms with Gasteiger partial charge in [-0.15, -0.1) is 11.8 Å². The van der Waals surface area contributed by atoms with Gasteiger partial charge in [0.05, 0.1) is 11.8 Å². The predicted molar refractivity (Wildman–Crippen MR) is 80.2 cm³/mol. The molecule has 1 rings (SSSR count). The summed E-state index contributed by atoms with van der Waals surface area (Å²) in [7, 11) is 0. The summed E-state index contributed by atoms with van der Waals surface area (Å²) < 4.78 is 0. The second-order valence-corrected chi connectivity index (χ2v) is 6.17. The van der Waals surface area contributed by atoms with E-state index in [-0.39, 0.29) is 11.9 Å². The molecule has 1 amide bonds. The van der Waals surface area contributed by atoms with Gasteiger partial charge < -0.3 is 5.32 Å². The van der Waals surface area contributed by atoms with Gasteiger partial charge in [0.15, 0.2) is 0 Å². The van der Waals surface area contributed by atoms with Gasteiger partial charge in [0.25, 0.3) is 0 Å². The molecule has 2 atom stereocenters. The minimum atomic E-state index is -0.0521. The van der Waals surface area contributed by atoms with E-state index in [1.165, 1.54) is 0 Å². The summed E-state index contributed by atoms with van der Waals surface area (Å²) in [6.07, 6.45) is 1.08. The summed E-state index contributed by atoms with van der Waals surface area (Å²) in [5, 5.41) is 4.19. The number of benzene rings is 1. The Morgan fingerprint density at radius 1 is 1.39 bits per heavy atom. The summed E-state index contributed by atoms with van der Waals surface area (Å²) in [6, 6.07) is 7.54. The Labute approximate surface area is 118 Å². The van der Waals surface area contributed by atoms with E-state index in [1.807, 2.05) is 31.2 Å². The molecule has 0 fully saturated rings. The van der Waals surface area contributed by atoms with Crippen molar-refractivity contribution < 1.29 is 4.79 Å². The van der Waals surface area contributed by atoms with Crippen molar-refractivity contribution in [3.05, 3.63) is 34.9 Å². The van der Waals surface area contributed by atoms with E-state index in [1.54, 1.807) is 11.8 Å². The number of thioether (sulfide) groups is 1. The van der Waals surface area contributed by atoms with Crippen LogP contribution in [0.25, 0.3) is 0 Å². The van der Waals surface area contributed by atoms with E-state index in [0.29, 0.717) is 16.0 Å². The Kier molecular flexibility index (Phi) is 6.58. The zero-order chi connectivity index (χ0) is 13.5. The van der Waals surface area contributed by atoms with Crippen LogP contribution in [0.5, 0.6) is 0 Å². The molecular formula is C14H20ClNOS. The normalized spacial score (nSPS) is 14.0. The van der Waals surface area contributed by atoms with Crippen molar-refractivity contribution in [3.8, 4) is 0 Å². The van der Waals surface area contributed by atoms with Crippen LogP contribution in [0, 0.1) is 0 Å². The van der Waals surface area contributed by atoms with Crippen molar-refractivity contribution in [1.29, 1.82) is 0 Å². The molecule has 100 valence electrons. The van der Waals surface area contributed by atoms with Crippen LogP contribution in [-0.4, -0.2) is 16.9 Å². The van der Waals surface area contributed by atoms with E-state index < -0.39 is 0 Å². The van der Waals surface area contributed by atoms with Gasteiger partial charge >= 0.3 is 0 Å². The molecule has 0 saturated heterocycles. The molecule has 0 unspecified atom stereocenters. The first-order chi connectivity index (χ1) is 8.54. The van der Waals surface area contributed by atoms with Gasteiger partial charge in [0.2, 0.25) is 5.91 Å². The third kappa shape index (κ3) is 4.91. The largest absolute Gasteiger partial charge is 0.349 e. The Hall–Kier alpha value is -0.670. The smallest absolute Gasteiger partial charge is 0.230 e. The second kappa shape index (κ2) is 7.70. The maximum Gasteiger partial charge on any atom is 0.230 e. The number of rotatable bonds is 6. The third-order valence-corrected chi connectivity index (χ3v) is 4.50. The number of carbonyl (C=O) groups excluding carboxylic acids is 1. The monoisotopic (exact) mass is 285 g/mol. The number of carbonyl (C=O) groups is 1. The van der Waals surface area contributed by atoms with Gasteiger partial charge in [-0.2, -0.15) is 0 Å². The topological polar surface area (TPSA) is 29.1 Å². The highest BCUT2D eigenvalue weighted by atomic mass is 35.5. The fraction of sp³-hybridized carbons (Fsp3) is 0.500. The average molecular weight is 286 g/mol. The van der Waals surface area contributed by atoms with Crippen molar-refractivity contribution in [3.63, 3.8) is 0 Å². The van der Waals surface area contributed by atoms with E-state index in [0.717, 1.165) is 12.0 Å². The zero-order valence-electron chi connectivity index (χ0n) is 11.1. The lowest BCUT2D eigenvalue weighted by Gasteiger charge is -2.16. The molecule has 1 N–H and O–H groups in total. The quantitative estimate of drug-likeness (QED) is 0.854. The first-order valence-corrected chi connectivity index (χ1v) is 7.62. The van der Waals surface area contributed by atoms with E-state index >= 15 is 0 Å². The SMILES string of the molecule is CC[C@H](C)SCC(=O)N[C@@H](C)c1ccccc1Cl. The highest BCUT2D eigenvalue weighted by Crippen LogP contribution is 2.22. The van der Waals surface area contributed by atoms with Crippen molar-refractivity contribution >= 4 is 29.3 Å². The number of halogens is 1. The molecule has 0 bridgehead atoms. The van der Waals surface area contributed by atoms with Crippen molar-refractivity contribution in [2.45, 2.75) is 38.5 Å². The predicted octanol–water partition coefficient (Wildman–Crippen LogP) is 4.05. The van der Waals surface area contributed by atoms with Crippen LogP contribution in [0.3, 0.4) is 0 Å². The molecule has 4 heteroatoms. The number of hydrogen-bond acceptors (Lipinski definition) is 2. The van der Waals surface area contributed by atoms with E-state index in [9.17, 15) is 4.79 Å². The molecule has 0 aliphatic heterocycles. The summed E-state index contributed by atoms with van der Waals surface area (Å²) >= 11 is 7.78. The molecule has 0 saturated carbocycles. The highest BCUT2D eigenvalue weighted by Gasteiger charge is 2.12. The van der Waals surface area contributed by atoms with E-state index in [4.69, 9.17) is 11.6 Å². The molecule has 0 spiro atoms. The molecule has 0 radical (unpaired) electrons. The Morgan fingerprint density at radius 2 is 2.06 bits per heavy atom. The number of hydrogen-bond donors (Lipinski definition) is 1. The van der Waals surface area contributed by atoms with Crippen LogP contribution >= 0.6 is 23.4 Å². The zero-order valence-corrected chi connectivity index (χ0v) is 12.6. The first-order valence-electron chi connectivity index (χ1n) is 6.20. The molecule has 18 heavy (non-hydrogen) atoms. The van der Waals surface area contributed by atoms with Crippen LogP contribution in [0.1, 0.15) is 38.8 Å². The molecular weight excluding hydrogens is 266 g/mol. The number of nitrogens with one attached hydrogen (secondary N) is 1. The molecule has 0 aliphatic rings. The fourth-order valence-corrected chi connectivity index (χ4v) is 2.58. The summed E-state index contributed by atoms with van der Waals surface area (Å²) in [4.78, 5) is 11.8. The van der Waals surface area contributed by atoms with Crippen LogP contribution in [0.4, 0.5) is 0 Å².